The number of rotatable bonds is 5. The molecule has 2 amide bonds. The van der Waals surface area contributed by atoms with Crippen molar-refractivity contribution in [1.82, 2.24) is 0 Å². The standard InChI is InChI=1S/C17H18ClN3O2/c1-11-3-2-4-12(9-11)17(23)21-15-10-13(5-6-14(15)18)20-16(22)7-8-19/h2-6,9-10H,7-8,19H2,1H3,(H,20,22)(H,21,23). The van der Waals surface area contributed by atoms with Crippen molar-refractivity contribution < 1.29 is 9.59 Å². The zero-order chi connectivity index (χ0) is 16.8. The summed E-state index contributed by atoms with van der Waals surface area (Å²) in [7, 11) is 0. The number of carbonyl (C=O) groups is 2. The van der Waals surface area contributed by atoms with Crippen molar-refractivity contribution in [2.24, 2.45) is 5.73 Å². The Morgan fingerprint density at radius 2 is 1.91 bits per heavy atom. The second-order valence-electron chi connectivity index (χ2n) is 5.11. The van der Waals surface area contributed by atoms with Gasteiger partial charge in [0.2, 0.25) is 5.91 Å². The fourth-order valence-corrected chi connectivity index (χ4v) is 2.20. The predicted octanol–water partition coefficient (Wildman–Crippen LogP) is 3.19. The molecule has 0 unspecified atom stereocenters. The number of nitrogens with two attached hydrogens (primary N) is 1. The van der Waals surface area contributed by atoms with E-state index in [0.717, 1.165) is 5.56 Å². The van der Waals surface area contributed by atoms with Crippen LogP contribution in [0.1, 0.15) is 22.3 Å². The van der Waals surface area contributed by atoms with Crippen molar-refractivity contribution in [2.75, 3.05) is 17.2 Å². The first-order valence-corrected chi connectivity index (χ1v) is 7.55. The van der Waals surface area contributed by atoms with E-state index in [0.29, 0.717) is 22.0 Å². The lowest BCUT2D eigenvalue weighted by atomic mass is 10.1. The SMILES string of the molecule is Cc1cccc(C(=O)Nc2cc(NC(=O)CCN)ccc2Cl)c1. The Hall–Kier alpha value is -2.37. The summed E-state index contributed by atoms with van der Waals surface area (Å²) < 4.78 is 0. The van der Waals surface area contributed by atoms with Gasteiger partial charge < -0.3 is 16.4 Å². The maximum Gasteiger partial charge on any atom is 0.255 e. The molecule has 0 aliphatic heterocycles. The van der Waals surface area contributed by atoms with E-state index in [9.17, 15) is 9.59 Å². The van der Waals surface area contributed by atoms with E-state index >= 15 is 0 Å². The molecule has 0 aliphatic carbocycles. The molecule has 120 valence electrons. The van der Waals surface area contributed by atoms with Crippen molar-refractivity contribution in [2.45, 2.75) is 13.3 Å². The van der Waals surface area contributed by atoms with Crippen LogP contribution >= 0.6 is 11.6 Å². The van der Waals surface area contributed by atoms with Crippen molar-refractivity contribution >= 4 is 34.8 Å². The first kappa shape index (κ1) is 17.0. The first-order valence-electron chi connectivity index (χ1n) is 7.17. The third-order valence-electron chi connectivity index (χ3n) is 3.15. The Bertz CT molecular complexity index is 732. The minimum absolute atomic E-state index is 0.189. The van der Waals surface area contributed by atoms with Crippen molar-refractivity contribution in [3.05, 3.63) is 58.6 Å². The lowest BCUT2D eigenvalue weighted by molar-refractivity contribution is -0.116. The zero-order valence-electron chi connectivity index (χ0n) is 12.7. The second kappa shape index (κ2) is 7.76. The van der Waals surface area contributed by atoms with Crippen molar-refractivity contribution in [3.63, 3.8) is 0 Å². The lowest BCUT2D eigenvalue weighted by Crippen LogP contribution is -2.17. The lowest BCUT2D eigenvalue weighted by Gasteiger charge is -2.11. The van der Waals surface area contributed by atoms with Crippen LogP contribution < -0.4 is 16.4 Å². The molecule has 0 saturated heterocycles. The molecule has 2 aromatic carbocycles. The van der Waals surface area contributed by atoms with Crippen LogP contribution in [0.2, 0.25) is 5.02 Å². The third kappa shape index (κ3) is 4.81. The van der Waals surface area contributed by atoms with Gasteiger partial charge in [0, 0.05) is 24.2 Å². The van der Waals surface area contributed by atoms with Gasteiger partial charge in [-0.2, -0.15) is 0 Å². The maximum absolute atomic E-state index is 12.3. The summed E-state index contributed by atoms with van der Waals surface area (Å²) in [6.45, 7) is 2.19. The van der Waals surface area contributed by atoms with Gasteiger partial charge in [0.1, 0.15) is 0 Å². The van der Waals surface area contributed by atoms with E-state index < -0.39 is 0 Å². The van der Waals surface area contributed by atoms with Crippen LogP contribution in [0.3, 0.4) is 0 Å². The Labute approximate surface area is 139 Å². The Kier molecular flexibility index (Phi) is 5.73. The number of aryl methyl sites for hydroxylation is 1. The fourth-order valence-electron chi connectivity index (χ4n) is 2.03. The maximum atomic E-state index is 12.3. The molecule has 0 radical (unpaired) electrons. The van der Waals surface area contributed by atoms with Crippen LogP contribution in [0.25, 0.3) is 0 Å². The fraction of sp³-hybridized carbons (Fsp3) is 0.176. The second-order valence-corrected chi connectivity index (χ2v) is 5.51. The van der Waals surface area contributed by atoms with Crippen LogP contribution in [0.4, 0.5) is 11.4 Å². The largest absolute Gasteiger partial charge is 0.330 e. The molecule has 6 heteroatoms. The molecule has 0 saturated carbocycles. The highest BCUT2D eigenvalue weighted by molar-refractivity contribution is 6.34. The van der Waals surface area contributed by atoms with Gasteiger partial charge in [-0.05, 0) is 37.3 Å². The first-order chi connectivity index (χ1) is 11.0. The number of hydrogen-bond donors (Lipinski definition) is 3. The van der Waals surface area contributed by atoms with Gasteiger partial charge in [-0.15, -0.1) is 0 Å². The Morgan fingerprint density at radius 3 is 2.61 bits per heavy atom. The quantitative estimate of drug-likeness (QED) is 0.786. The summed E-state index contributed by atoms with van der Waals surface area (Å²) in [5.41, 5.74) is 7.86. The van der Waals surface area contributed by atoms with Crippen LogP contribution in [0, 0.1) is 6.92 Å². The van der Waals surface area contributed by atoms with E-state index in [4.69, 9.17) is 17.3 Å². The number of amides is 2. The topological polar surface area (TPSA) is 84.2 Å². The summed E-state index contributed by atoms with van der Waals surface area (Å²) in [6, 6.07) is 12.1. The van der Waals surface area contributed by atoms with Gasteiger partial charge in [0.25, 0.3) is 5.91 Å². The molecule has 23 heavy (non-hydrogen) atoms. The van der Waals surface area contributed by atoms with E-state index in [1.807, 2.05) is 19.1 Å². The smallest absolute Gasteiger partial charge is 0.255 e. The number of anilines is 2. The molecule has 0 spiro atoms. The number of benzene rings is 2. The average molecular weight is 332 g/mol. The summed E-state index contributed by atoms with van der Waals surface area (Å²) in [6.07, 6.45) is 0.230. The van der Waals surface area contributed by atoms with Gasteiger partial charge in [-0.1, -0.05) is 29.3 Å². The van der Waals surface area contributed by atoms with Gasteiger partial charge in [0.15, 0.2) is 0 Å². The Morgan fingerprint density at radius 1 is 1.13 bits per heavy atom. The zero-order valence-corrected chi connectivity index (χ0v) is 13.5. The van der Waals surface area contributed by atoms with Crippen LogP contribution in [-0.4, -0.2) is 18.4 Å². The van der Waals surface area contributed by atoms with E-state index in [1.54, 1.807) is 30.3 Å². The number of halogens is 1. The summed E-state index contributed by atoms with van der Waals surface area (Å²) in [5, 5.41) is 5.85. The molecule has 5 nitrogen and oxygen atoms in total. The predicted molar refractivity (Wildman–Crippen MR) is 92.9 cm³/mol. The molecule has 0 aliphatic rings. The number of carbonyl (C=O) groups excluding carboxylic acids is 2. The molecule has 2 aromatic rings. The summed E-state index contributed by atoms with van der Waals surface area (Å²) in [4.78, 5) is 23.9. The highest BCUT2D eigenvalue weighted by atomic mass is 35.5. The minimum atomic E-state index is -0.263. The minimum Gasteiger partial charge on any atom is -0.330 e. The van der Waals surface area contributed by atoms with Gasteiger partial charge in [0.05, 0.1) is 10.7 Å². The van der Waals surface area contributed by atoms with Gasteiger partial charge in [-0.25, -0.2) is 0 Å². The molecule has 0 fully saturated rings. The van der Waals surface area contributed by atoms with Gasteiger partial charge >= 0.3 is 0 Å². The summed E-state index contributed by atoms with van der Waals surface area (Å²) in [5.74, 6) is -0.452. The molecule has 2 rings (SSSR count). The highest BCUT2D eigenvalue weighted by Crippen LogP contribution is 2.26. The third-order valence-corrected chi connectivity index (χ3v) is 3.48. The normalized spacial score (nSPS) is 10.2. The van der Waals surface area contributed by atoms with Crippen LogP contribution in [0.5, 0.6) is 0 Å². The van der Waals surface area contributed by atoms with E-state index in [-0.39, 0.29) is 24.8 Å². The number of hydrogen-bond acceptors (Lipinski definition) is 3. The number of nitrogens with one attached hydrogen (secondary N) is 2. The monoisotopic (exact) mass is 331 g/mol. The van der Waals surface area contributed by atoms with Crippen molar-refractivity contribution in [1.29, 1.82) is 0 Å². The average Bonchev–Trinajstić information content (AvgIpc) is 2.51. The molecule has 0 atom stereocenters. The molecule has 0 heterocycles. The van der Waals surface area contributed by atoms with Crippen molar-refractivity contribution in [3.8, 4) is 0 Å². The van der Waals surface area contributed by atoms with Crippen LogP contribution in [-0.2, 0) is 4.79 Å². The highest BCUT2D eigenvalue weighted by Gasteiger charge is 2.10. The molecular formula is C17H18ClN3O2. The van der Waals surface area contributed by atoms with Gasteiger partial charge in [-0.3, -0.25) is 9.59 Å². The summed E-state index contributed by atoms with van der Waals surface area (Å²) >= 11 is 6.11. The molecular weight excluding hydrogens is 314 g/mol. The Balaban J connectivity index is 2.15. The van der Waals surface area contributed by atoms with E-state index in [1.165, 1.54) is 0 Å². The molecule has 0 bridgehead atoms. The molecule has 4 N–H and O–H groups in total. The molecule has 0 aromatic heterocycles. The van der Waals surface area contributed by atoms with E-state index in [2.05, 4.69) is 10.6 Å². The van der Waals surface area contributed by atoms with Crippen LogP contribution in [0.15, 0.2) is 42.5 Å².